The van der Waals surface area contributed by atoms with Crippen molar-refractivity contribution in [2.24, 2.45) is 0 Å². The van der Waals surface area contributed by atoms with Gasteiger partial charge in [0.05, 0.1) is 12.7 Å². The van der Waals surface area contributed by atoms with E-state index in [1.165, 1.54) is 0 Å². The lowest BCUT2D eigenvalue weighted by atomic mass is 10.1. The zero-order chi connectivity index (χ0) is 15.2. The summed E-state index contributed by atoms with van der Waals surface area (Å²) in [6.45, 7) is 6.64. The van der Waals surface area contributed by atoms with Gasteiger partial charge in [0.15, 0.2) is 0 Å². The topological polar surface area (TPSA) is 46.9 Å². The molecule has 2 rings (SSSR count). The molecule has 0 aliphatic carbocycles. The number of aliphatic hydroxyl groups is 2. The van der Waals surface area contributed by atoms with E-state index in [0.717, 1.165) is 38.2 Å². The number of piperazine rings is 1. The molecule has 1 aliphatic heterocycles. The Morgan fingerprint density at radius 2 is 1.86 bits per heavy atom. The van der Waals surface area contributed by atoms with Crippen LogP contribution in [0.2, 0.25) is 5.02 Å². The molecule has 1 aromatic rings. The number of β-amino-alcohol motifs (C(OH)–C–C–N with tert-alkyl or cyclic N) is 1. The molecular formula is C16H25ClN2O2. The Kier molecular flexibility index (Phi) is 6.45. The fourth-order valence-electron chi connectivity index (χ4n) is 2.90. The summed E-state index contributed by atoms with van der Waals surface area (Å²) in [7, 11) is 0. The van der Waals surface area contributed by atoms with E-state index in [1.54, 1.807) is 0 Å². The van der Waals surface area contributed by atoms with Crippen molar-refractivity contribution in [1.82, 2.24) is 9.80 Å². The molecule has 0 radical (unpaired) electrons. The standard InChI is InChI=1S/C16H25ClN2O2/c1-2-13(12-20)19-9-7-18(8-10-19)11-16(21)14-5-3-4-6-15(14)17/h3-6,13,16,20-21H,2,7-12H2,1H3. The van der Waals surface area contributed by atoms with E-state index in [1.807, 2.05) is 24.3 Å². The Morgan fingerprint density at radius 1 is 1.19 bits per heavy atom. The van der Waals surface area contributed by atoms with Gasteiger partial charge in [0, 0.05) is 49.4 Å². The van der Waals surface area contributed by atoms with E-state index >= 15 is 0 Å². The van der Waals surface area contributed by atoms with Crippen molar-refractivity contribution in [3.8, 4) is 0 Å². The second-order valence-corrected chi connectivity index (χ2v) is 6.03. The minimum Gasteiger partial charge on any atom is -0.395 e. The lowest BCUT2D eigenvalue weighted by molar-refractivity contribution is 0.0395. The number of aliphatic hydroxyl groups excluding tert-OH is 2. The van der Waals surface area contributed by atoms with E-state index in [9.17, 15) is 10.2 Å². The van der Waals surface area contributed by atoms with Crippen molar-refractivity contribution in [2.75, 3.05) is 39.3 Å². The molecule has 1 aromatic carbocycles. The van der Waals surface area contributed by atoms with Crippen molar-refractivity contribution in [2.45, 2.75) is 25.5 Å². The molecule has 2 atom stereocenters. The summed E-state index contributed by atoms with van der Waals surface area (Å²) in [4.78, 5) is 4.59. The fraction of sp³-hybridized carbons (Fsp3) is 0.625. The molecule has 1 fully saturated rings. The monoisotopic (exact) mass is 312 g/mol. The first-order valence-corrected chi connectivity index (χ1v) is 8.03. The summed E-state index contributed by atoms with van der Waals surface area (Å²) in [5.74, 6) is 0. The van der Waals surface area contributed by atoms with Crippen LogP contribution in [0.5, 0.6) is 0 Å². The Hall–Kier alpha value is -0.650. The molecule has 1 saturated heterocycles. The van der Waals surface area contributed by atoms with Crippen molar-refractivity contribution in [3.05, 3.63) is 34.9 Å². The zero-order valence-corrected chi connectivity index (χ0v) is 13.3. The molecule has 0 aromatic heterocycles. The van der Waals surface area contributed by atoms with Gasteiger partial charge in [0.25, 0.3) is 0 Å². The number of nitrogens with zero attached hydrogens (tertiary/aromatic N) is 2. The first-order chi connectivity index (χ1) is 10.2. The lowest BCUT2D eigenvalue weighted by Crippen LogP contribution is -2.51. The highest BCUT2D eigenvalue weighted by atomic mass is 35.5. The van der Waals surface area contributed by atoms with E-state index in [4.69, 9.17) is 11.6 Å². The van der Waals surface area contributed by atoms with Crippen LogP contribution in [0.15, 0.2) is 24.3 Å². The van der Waals surface area contributed by atoms with Crippen LogP contribution >= 0.6 is 11.6 Å². The summed E-state index contributed by atoms with van der Waals surface area (Å²) in [6.07, 6.45) is 0.420. The number of rotatable bonds is 6. The third kappa shape index (κ3) is 4.41. The van der Waals surface area contributed by atoms with Crippen molar-refractivity contribution in [1.29, 1.82) is 0 Å². The van der Waals surface area contributed by atoms with Gasteiger partial charge in [0.2, 0.25) is 0 Å². The first kappa shape index (κ1) is 16.7. The van der Waals surface area contributed by atoms with Crippen LogP contribution in [-0.4, -0.2) is 65.4 Å². The molecule has 1 aliphatic rings. The lowest BCUT2D eigenvalue weighted by Gasteiger charge is -2.39. The molecule has 0 spiro atoms. The maximum Gasteiger partial charge on any atom is 0.0931 e. The molecule has 0 amide bonds. The maximum atomic E-state index is 10.3. The third-order valence-electron chi connectivity index (χ3n) is 4.30. The van der Waals surface area contributed by atoms with E-state index in [-0.39, 0.29) is 12.6 Å². The minimum absolute atomic E-state index is 0.221. The van der Waals surface area contributed by atoms with Crippen LogP contribution in [0.4, 0.5) is 0 Å². The average molecular weight is 313 g/mol. The summed E-state index contributed by atoms with van der Waals surface area (Å²) in [5.41, 5.74) is 0.795. The summed E-state index contributed by atoms with van der Waals surface area (Å²) in [6, 6.07) is 7.72. The van der Waals surface area contributed by atoms with Gasteiger partial charge in [-0.3, -0.25) is 9.80 Å². The van der Waals surface area contributed by atoms with Crippen molar-refractivity contribution < 1.29 is 10.2 Å². The Morgan fingerprint density at radius 3 is 2.43 bits per heavy atom. The fourth-order valence-corrected chi connectivity index (χ4v) is 3.16. The highest BCUT2D eigenvalue weighted by Gasteiger charge is 2.24. The van der Waals surface area contributed by atoms with Gasteiger partial charge >= 0.3 is 0 Å². The van der Waals surface area contributed by atoms with Gasteiger partial charge < -0.3 is 10.2 Å². The van der Waals surface area contributed by atoms with Crippen LogP contribution in [-0.2, 0) is 0 Å². The van der Waals surface area contributed by atoms with Crippen LogP contribution in [0.25, 0.3) is 0 Å². The van der Waals surface area contributed by atoms with E-state index < -0.39 is 6.10 Å². The largest absolute Gasteiger partial charge is 0.395 e. The molecule has 4 nitrogen and oxygen atoms in total. The molecule has 2 N–H and O–H groups in total. The van der Waals surface area contributed by atoms with Gasteiger partial charge in [-0.25, -0.2) is 0 Å². The third-order valence-corrected chi connectivity index (χ3v) is 4.64. The van der Waals surface area contributed by atoms with Gasteiger partial charge in [-0.15, -0.1) is 0 Å². The van der Waals surface area contributed by atoms with Gasteiger partial charge in [0.1, 0.15) is 0 Å². The average Bonchev–Trinajstić information content (AvgIpc) is 2.50. The Bertz CT molecular complexity index is 432. The van der Waals surface area contributed by atoms with Gasteiger partial charge in [-0.2, -0.15) is 0 Å². The quantitative estimate of drug-likeness (QED) is 0.840. The SMILES string of the molecule is CCC(CO)N1CCN(CC(O)c2ccccc2Cl)CC1. The number of hydrogen-bond donors (Lipinski definition) is 2. The summed E-state index contributed by atoms with van der Waals surface area (Å²) < 4.78 is 0. The molecule has 5 heteroatoms. The molecule has 0 bridgehead atoms. The van der Waals surface area contributed by atoms with E-state index in [2.05, 4.69) is 16.7 Å². The Labute approximate surface area is 131 Å². The minimum atomic E-state index is -0.551. The maximum absolute atomic E-state index is 10.3. The summed E-state index contributed by atoms with van der Waals surface area (Å²) in [5, 5.41) is 20.3. The predicted molar refractivity (Wildman–Crippen MR) is 85.6 cm³/mol. The van der Waals surface area contributed by atoms with Gasteiger partial charge in [-0.05, 0) is 12.5 Å². The molecule has 1 heterocycles. The first-order valence-electron chi connectivity index (χ1n) is 7.65. The summed E-state index contributed by atoms with van der Waals surface area (Å²) >= 11 is 6.12. The molecule has 21 heavy (non-hydrogen) atoms. The normalized spacial score (nSPS) is 20.4. The molecular weight excluding hydrogens is 288 g/mol. The van der Waals surface area contributed by atoms with Gasteiger partial charge in [-0.1, -0.05) is 36.7 Å². The van der Waals surface area contributed by atoms with Crippen LogP contribution in [0.3, 0.4) is 0 Å². The second-order valence-electron chi connectivity index (χ2n) is 5.62. The molecule has 2 unspecified atom stereocenters. The highest BCUT2D eigenvalue weighted by molar-refractivity contribution is 6.31. The Balaban J connectivity index is 1.85. The van der Waals surface area contributed by atoms with Crippen LogP contribution < -0.4 is 0 Å². The van der Waals surface area contributed by atoms with E-state index in [0.29, 0.717) is 11.6 Å². The number of benzene rings is 1. The number of hydrogen-bond acceptors (Lipinski definition) is 4. The van der Waals surface area contributed by atoms with Crippen molar-refractivity contribution >= 4 is 11.6 Å². The molecule has 118 valence electrons. The van der Waals surface area contributed by atoms with Crippen LogP contribution in [0, 0.1) is 0 Å². The smallest absolute Gasteiger partial charge is 0.0931 e. The highest BCUT2D eigenvalue weighted by Crippen LogP contribution is 2.23. The van der Waals surface area contributed by atoms with Crippen LogP contribution in [0.1, 0.15) is 25.0 Å². The molecule has 0 saturated carbocycles. The number of halogens is 1. The van der Waals surface area contributed by atoms with Crippen molar-refractivity contribution in [3.63, 3.8) is 0 Å². The zero-order valence-electron chi connectivity index (χ0n) is 12.6. The second kappa shape index (κ2) is 8.11. The predicted octanol–water partition coefficient (Wildman–Crippen LogP) is 1.76.